The number of fused-ring (bicyclic) bond motifs is 1. The van der Waals surface area contributed by atoms with Crippen molar-refractivity contribution in [3.63, 3.8) is 0 Å². The van der Waals surface area contributed by atoms with Crippen molar-refractivity contribution in [2.75, 3.05) is 7.05 Å². The topological polar surface area (TPSA) is 60.9 Å². The molecular formula is C20H28N2O3. The molecule has 2 fully saturated rings. The van der Waals surface area contributed by atoms with Gasteiger partial charge in [-0.3, -0.25) is 9.69 Å². The number of carboxylic acid groups (broad SMARTS) is 1. The lowest BCUT2D eigenvalue weighted by Crippen LogP contribution is -2.53. The van der Waals surface area contributed by atoms with Gasteiger partial charge in [0.2, 0.25) is 5.91 Å². The third-order valence-corrected chi connectivity index (χ3v) is 5.92. The number of amides is 1. The minimum atomic E-state index is -0.860. The van der Waals surface area contributed by atoms with Crippen molar-refractivity contribution in [3.8, 4) is 0 Å². The van der Waals surface area contributed by atoms with E-state index < -0.39 is 12.0 Å². The standard InChI is InChI=1S/C20H28N2O3/c1-14(21(2)13-15-8-4-3-5-9-15)19(23)22-17-11-7-6-10-16(17)12-18(22)20(24)25/h3-5,8-9,14,16-18H,6-7,10-13H2,1-2H3,(H,24,25). The third kappa shape index (κ3) is 3.71. The van der Waals surface area contributed by atoms with E-state index in [-0.39, 0.29) is 18.0 Å². The summed E-state index contributed by atoms with van der Waals surface area (Å²) in [5, 5.41) is 9.63. The van der Waals surface area contributed by atoms with Gasteiger partial charge in [-0.2, -0.15) is 0 Å². The van der Waals surface area contributed by atoms with E-state index >= 15 is 0 Å². The number of nitrogens with zero attached hydrogens (tertiary/aromatic N) is 2. The van der Waals surface area contributed by atoms with Crippen molar-refractivity contribution in [1.82, 2.24) is 9.80 Å². The van der Waals surface area contributed by atoms with Crippen LogP contribution in [0, 0.1) is 5.92 Å². The maximum Gasteiger partial charge on any atom is 0.326 e. The first-order valence-electron chi connectivity index (χ1n) is 9.28. The van der Waals surface area contributed by atoms with Gasteiger partial charge in [-0.15, -0.1) is 0 Å². The predicted molar refractivity (Wildman–Crippen MR) is 96.0 cm³/mol. The molecule has 0 spiro atoms. The molecule has 1 heterocycles. The summed E-state index contributed by atoms with van der Waals surface area (Å²) in [6.45, 7) is 2.56. The van der Waals surface area contributed by atoms with Crippen LogP contribution in [-0.4, -0.2) is 52.0 Å². The van der Waals surface area contributed by atoms with Crippen molar-refractivity contribution in [3.05, 3.63) is 35.9 Å². The second kappa shape index (κ2) is 7.56. The fourth-order valence-corrected chi connectivity index (χ4v) is 4.41. The Labute approximate surface area is 149 Å². The monoisotopic (exact) mass is 344 g/mol. The zero-order valence-corrected chi connectivity index (χ0v) is 15.1. The van der Waals surface area contributed by atoms with Crippen LogP contribution in [0.2, 0.25) is 0 Å². The molecule has 1 saturated carbocycles. The van der Waals surface area contributed by atoms with Crippen LogP contribution in [0.15, 0.2) is 30.3 Å². The number of aliphatic carboxylic acids is 1. The first kappa shape index (κ1) is 17.9. The smallest absolute Gasteiger partial charge is 0.326 e. The van der Waals surface area contributed by atoms with Gasteiger partial charge < -0.3 is 10.0 Å². The van der Waals surface area contributed by atoms with Gasteiger partial charge in [0.15, 0.2) is 0 Å². The van der Waals surface area contributed by atoms with E-state index in [0.29, 0.717) is 18.9 Å². The molecule has 2 aliphatic rings. The number of hydrogen-bond acceptors (Lipinski definition) is 3. The molecule has 0 radical (unpaired) electrons. The summed E-state index contributed by atoms with van der Waals surface area (Å²) in [5.74, 6) is -0.550. The highest BCUT2D eigenvalue weighted by molar-refractivity contribution is 5.87. The number of carbonyl (C=O) groups excluding carboxylic acids is 1. The highest BCUT2D eigenvalue weighted by atomic mass is 16.4. The summed E-state index contributed by atoms with van der Waals surface area (Å²) in [6, 6.07) is 9.16. The van der Waals surface area contributed by atoms with Gasteiger partial charge >= 0.3 is 5.97 Å². The first-order valence-corrected chi connectivity index (χ1v) is 9.28. The fourth-order valence-electron chi connectivity index (χ4n) is 4.41. The molecule has 1 aromatic rings. The molecule has 3 rings (SSSR count). The van der Waals surface area contributed by atoms with Crippen LogP contribution in [0.25, 0.3) is 0 Å². The van der Waals surface area contributed by atoms with Crippen molar-refractivity contribution in [2.24, 2.45) is 5.92 Å². The van der Waals surface area contributed by atoms with Crippen LogP contribution in [-0.2, 0) is 16.1 Å². The maximum absolute atomic E-state index is 13.2. The molecule has 1 saturated heterocycles. The Morgan fingerprint density at radius 2 is 1.92 bits per heavy atom. The van der Waals surface area contributed by atoms with Gasteiger partial charge in [-0.1, -0.05) is 43.2 Å². The maximum atomic E-state index is 13.2. The average molecular weight is 344 g/mol. The molecule has 0 bridgehead atoms. The molecule has 4 atom stereocenters. The molecule has 4 unspecified atom stereocenters. The SMILES string of the molecule is CC(C(=O)N1C(C(=O)O)CC2CCCCC21)N(C)Cc1ccccc1. The van der Waals surface area contributed by atoms with Crippen molar-refractivity contribution >= 4 is 11.9 Å². The number of carbonyl (C=O) groups is 2. The molecule has 1 amide bonds. The quantitative estimate of drug-likeness (QED) is 0.892. The van der Waals surface area contributed by atoms with Gasteiger partial charge in [-0.25, -0.2) is 4.79 Å². The van der Waals surface area contributed by atoms with Crippen LogP contribution in [0.3, 0.4) is 0 Å². The van der Waals surface area contributed by atoms with Gasteiger partial charge in [0.25, 0.3) is 0 Å². The molecule has 1 aliphatic heterocycles. The van der Waals surface area contributed by atoms with E-state index in [2.05, 4.69) is 0 Å². The summed E-state index contributed by atoms with van der Waals surface area (Å²) in [4.78, 5) is 28.6. The molecule has 5 nitrogen and oxygen atoms in total. The van der Waals surface area contributed by atoms with Crippen molar-refractivity contribution in [2.45, 2.75) is 63.7 Å². The van der Waals surface area contributed by atoms with Crippen LogP contribution in [0.1, 0.15) is 44.6 Å². The lowest BCUT2D eigenvalue weighted by molar-refractivity contribution is -0.152. The highest BCUT2D eigenvalue weighted by Crippen LogP contribution is 2.40. The Balaban J connectivity index is 1.73. The van der Waals surface area contributed by atoms with E-state index in [1.807, 2.05) is 49.2 Å². The first-order chi connectivity index (χ1) is 12.0. The fraction of sp³-hybridized carbons (Fsp3) is 0.600. The van der Waals surface area contributed by atoms with Gasteiger partial charge in [0.05, 0.1) is 6.04 Å². The van der Waals surface area contributed by atoms with E-state index in [9.17, 15) is 14.7 Å². The van der Waals surface area contributed by atoms with Crippen molar-refractivity contribution in [1.29, 1.82) is 0 Å². The largest absolute Gasteiger partial charge is 0.480 e. The number of hydrogen-bond donors (Lipinski definition) is 1. The van der Waals surface area contributed by atoms with E-state index in [1.54, 1.807) is 4.90 Å². The van der Waals surface area contributed by atoms with Crippen LogP contribution < -0.4 is 0 Å². The van der Waals surface area contributed by atoms with Crippen molar-refractivity contribution < 1.29 is 14.7 Å². The molecule has 5 heteroatoms. The summed E-state index contributed by atoms with van der Waals surface area (Å²) in [7, 11) is 1.93. The molecule has 1 N–H and O–H groups in total. The summed E-state index contributed by atoms with van der Waals surface area (Å²) in [5.41, 5.74) is 1.15. The third-order valence-electron chi connectivity index (χ3n) is 5.92. The lowest BCUT2D eigenvalue weighted by atomic mass is 9.84. The Hall–Kier alpha value is -1.88. The normalized spacial score (nSPS) is 27.2. The van der Waals surface area contributed by atoms with Gasteiger partial charge in [0.1, 0.15) is 6.04 Å². The minimum Gasteiger partial charge on any atom is -0.480 e. The van der Waals surface area contributed by atoms with E-state index in [1.165, 1.54) is 0 Å². The van der Waals surface area contributed by atoms with Crippen LogP contribution in [0.4, 0.5) is 0 Å². The predicted octanol–water partition coefficient (Wildman–Crippen LogP) is 2.75. The van der Waals surface area contributed by atoms with E-state index in [0.717, 1.165) is 31.2 Å². The molecule has 1 aliphatic carbocycles. The summed E-state index contributed by atoms with van der Waals surface area (Å²) < 4.78 is 0. The summed E-state index contributed by atoms with van der Waals surface area (Å²) in [6.07, 6.45) is 4.84. The Morgan fingerprint density at radius 1 is 1.24 bits per heavy atom. The minimum absolute atomic E-state index is 0.0415. The number of carboxylic acids is 1. The second-order valence-electron chi connectivity index (χ2n) is 7.52. The molecule has 0 aromatic heterocycles. The van der Waals surface area contributed by atoms with Crippen LogP contribution >= 0.6 is 0 Å². The molecule has 136 valence electrons. The zero-order chi connectivity index (χ0) is 18.0. The number of likely N-dealkylation sites (tertiary alicyclic amines) is 1. The number of likely N-dealkylation sites (N-methyl/N-ethyl adjacent to an activating group) is 1. The lowest BCUT2D eigenvalue weighted by Gasteiger charge is -2.36. The van der Waals surface area contributed by atoms with Gasteiger partial charge in [-0.05, 0) is 44.7 Å². The average Bonchev–Trinajstić information content (AvgIpc) is 3.01. The van der Waals surface area contributed by atoms with Crippen LogP contribution in [0.5, 0.6) is 0 Å². The van der Waals surface area contributed by atoms with E-state index in [4.69, 9.17) is 0 Å². The molecular weight excluding hydrogens is 316 g/mol. The summed E-state index contributed by atoms with van der Waals surface area (Å²) >= 11 is 0. The van der Waals surface area contributed by atoms with Gasteiger partial charge in [0, 0.05) is 12.6 Å². The molecule has 1 aromatic carbocycles. The second-order valence-corrected chi connectivity index (χ2v) is 7.52. The number of rotatable bonds is 5. The number of benzene rings is 1. The Bertz CT molecular complexity index is 619. The Kier molecular flexibility index (Phi) is 5.42. The Morgan fingerprint density at radius 3 is 2.60 bits per heavy atom. The molecule has 25 heavy (non-hydrogen) atoms. The highest BCUT2D eigenvalue weighted by Gasteiger charge is 2.48. The zero-order valence-electron chi connectivity index (χ0n) is 15.1.